The predicted octanol–water partition coefficient (Wildman–Crippen LogP) is 1.51. The number of nitrogens with one attached hydrogen (secondary N) is 1. The molecule has 0 amide bonds. The van der Waals surface area contributed by atoms with E-state index < -0.39 is 32.6 Å². The Bertz CT molecular complexity index is 427. The Morgan fingerprint density at radius 2 is 2.33 bits per heavy atom. The Morgan fingerprint density at radius 1 is 1.62 bits per heavy atom. The minimum Gasteiger partial charge on any atom is -0.378 e. The molecule has 0 bridgehead atoms. The summed E-state index contributed by atoms with van der Waals surface area (Å²) in [6.07, 6.45) is -1.99. The normalized spacial score (nSPS) is 30.3. The number of hydrogen-bond donors (Lipinski definition) is 1. The third kappa shape index (κ3) is 5.56. The Morgan fingerprint density at radius 3 is 2.88 bits per heavy atom. The van der Waals surface area contributed by atoms with Gasteiger partial charge in [0.1, 0.15) is 14.0 Å². The summed E-state index contributed by atoms with van der Waals surface area (Å²) in [6.45, 7) is 10.4. The molecule has 0 spiro atoms. The van der Waals surface area contributed by atoms with Crippen molar-refractivity contribution < 1.29 is 19.8 Å². The number of halogens is 1. The van der Waals surface area contributed by atoms with E-state index in [-0.39, 0.29) is 25.6 Å². The van der Waals surface area contributed by atoms with Crippen LogP contribution in [-0.4, -0.2) is 81.4 Å². The zero-order valence-electron chi connectivity index (χ0n) is 15.6. The molecule has 24 heavy (non-hydrogen) atoms. The summed E-state index contributed by atoms with van der Waals surface area (Å²) in [4.78, 5) is 15.5. The molecule has 3 unspecified atom stereocenters. The van der Waals surface area contributed by atoms with Gasteiger partial charge in [-0.1, -0.05) is 6.90 Å². The number of rotatable bonds is 11. The van der Waals surface area contributed by atoms with E-state index in [2.05, 4.69) is 17.0 Å². The number of likely N-dealkylation sites (N-methyl/N-ethyl adjacent to an activating group) is 1. The molecule has 2 radical (unpaired) electrons. The molecular formula is C15H28BFN3O3P. The SMILES string of the molecule is [3H]CCNC1[C@@H](COP(C=O)N(C(C)C)C(C)CN=C)O[C@@H]([B])[C@H]1F. The molecule has 0 aromatic rings. The molecule has 6 nitrogen and oxygen atoms in total. The number of carbonyl (C=O) groups is 1. The number of hydrogen-bond acceptors (Lipinski definition) is 6. The van der Waals surface area contributed by atoms with Crippen molar-refractivity contribution in [2.75, 3.05) is 19.7 Å². The van der Waals surface area contributed by atoms with E-state index in [0.29, 0.717) is 13.1 Å². The van der Waals surface area contributed by atoms with E-state index >= 15 is 0 Å². The van der Waals surface area contributed by atoms with Crippen LogP contribution in [0, 0.1) is 0 Å². The largest absolute Gasteiger partial charge is 0.378 e. The van der Waals surface area contributed by atoms with Gasteiger partial charge in [-0.05, 0) is 34.0 Å². The van der Waals surface area contributed by atoms with Crippen LogP contribution < -0.4 is 5.32 Å². The number of alkyl halides is 1. The Balaban J connectivity index is 2.73. The average Bonchev–Trinajstić information content (AvgIpc) is 2.83. The maximum absolute atomic E-state index is 14.2. The van der Waals surface area contributed by atoms with Crippen molar-refractivity contribution in [3.8, 4) is 0 Å². The molecule has 9 heteroatoms. The van der Waals surface area contributed by atoms with Gasteiger partial charge in [0.05, 0.1) is 25.3 Å². The Kier molecular flexibility index (Phi) is 8.77. The molecule has 1 fully saturated rings. The third-order valence-corrected chi connectivity index (χ3v) is 5.74. The minimum atomic E-state index is -1.53. The van der Waals surface area contributed by atoms with E-state index in [1.807, 2.05) is 25.4 Å². The highest BCUT2D eigenvalue weighted by Crippen LogP contribution is 2.42. The number of carbonyl (C=O) groups excluding carboxylic acids is 1. The lowest BCUT2D eigenvalue weighted by molar-refractivity contribution is 0.0396. The van der Waals surface area contributed by atoms with E-state index in [9.17, 15) is 9.18 Å². The lowest BCUT2D eigenvalue weighted by Crippen LogP contribution is -2.45. The van der Waals surface area contributed by atoms with Crippen molar-refractivity contribution in [2.45, 2.75) is 64.1 Å². The standard InChI is InChI=1S/C15H28BFN3O3P/c1-6-19-14-12(23-15(16)13(14)17)8-22-24(9-21)20(10(2)3)11(4)7-18-5/h9-15,19H,5-8H2,1-4H3/t11?,12-,13+,14?,15-,24?/m1/s1/i1T. The van der Waals surface area contributed by atoms with Crippen LogP contribution in [0.5, 0.6) is 0 Å². The van der Waals surface area contributed by atoms with Crippen molar-refractivity contribution in [3.63, 3.8) is 0 Å². The van der Waals surface area contributed by atoms with Crippen LogP contribution in [0.4, 0.5) is 4.39 Å². The van der Waals surface area contributed by atoms with Gasteiger partial charge in [0.15, 0.2) is 14.3 Å². The zero-order valence-corrected chi connectivity index (χ0v) is 15.5. The fourth-order valence-electron chi connectivity index (χ4n) is 2.83. The Labute approximate surface area is 148 Å². The van der Waals surface area contributed by atoms with Gasteiger partial charge in [0, 0.05) is 19.5 Å². The molecule has 0 aromatic heterocycles. The van der Waals surface area contributed by atoms with Crippen molar-refractivity contribution >= 4 is 28.9 Å². The first-order valence-corrected chi connectivity index (χ1v) is 9.31. The first-order valence-electron chi connectivity index (χ1n) is 8.73. The van der Waals surface area contributed by atoms with Crippen LogP contribution in [-0.2, 0) is 14.1 Å². The van der Waals surface area contributed by atoms with Crippen LogP contribution in [0.3, 0.4) is 0 Å². The maximum atomic E-state index is 14.2. The maximum Gasteiger partial charge on any atom is 0.185 e. The van der Waals surface area contributed by atoms with Gasteiger partial charge in [-0.15, -0.1) is 0 Å². The van der Waals surface area contributed by atoms with Gasteiger partial charge >= 0.3 is 0 Å². The number of ether oxygens (including phenoxy) is 1. The smallest absolute Gasteiger partial charge is 0.185 e. The summed E-state index contributed by atoms with van der Waals surface area (Å²) in [7, 11) is 4.10. The van der Waals surface area contributed by atoms with Crippen LogP contribution >= 0.6 is 8.30 Å². The van der Waals surface area contributed by atoms with Gasteiger partial charge in [0.25, 0.3) is 0 Å². The Hall–Kier alpha value is -0.395. The molecule has 6 atom stereocenters. The molecule has 1 rings (SSSR count). The van der Waals surface area contributed by atoms with Gasteiger partial charge in [-0.3, -0.25) is 9.79 Å². The third-order valence-electron chi connectivity index (χ3n) is 3.83. The second-order valence-electron chi connectivity index (χ2n) is 6.00. The van der Waals surface area contributed by atoms with Crippen molar-refractivity contribution in [3.05, 3.63) is 0 Å². The second-order valence-corrected chi connectivity index (χ2v) is 7.53. The van der Waals surface area contributed by atoms with E-state index in [1.165, 1.54) is 0 Å². The van der Waals surface area contributed by atoms with Crippen LogP contribution in [0.25, 0.3) is 0 Å². The summed E-state index contributed by atoms with van der Waals surface area (Å²) < 4.78 is 34.5. The topological polar surface area (TPSA) is 63.2 Å². The highest BCUT2D eigenvalue weighted by atomic mass is 31.2. The summed E-state index contributed by atoms with van der Waals surface area (Å²) >= 11 is 0. The minimum absolute atomic E-state index is 0.00766. The van der Waals surface area contributed by atoms with Gasteiger partial charge in [-0.25, -0.2) is 9.06 Å². The van der Waals surface area contributed by atoms with Crippen molar-refractivity contribution in [2.24, 2.45) is 4.99 Å². The quantitative estimate of drug-likeness (QED) is 0.262. The molecule has 0 aromatic carbocycles. The molecule has 1 heterocycles. The van der Waals surface area contributed by atoms with E-state index in [4.69, 9.17) is 18.5 Å². The van der Waals surface area contributed by atoms with E-state index in [0.717, 1.165) is 6.03 Å². The van der Waals surface area contributed by atoms with Gasteiger partial charge in [-0.2, -0.15) is 0 Å². The molecule has 1 N–H and O–H groups in total. The molecule has 1 saturated heterocycles. The first-order chi connectivity index (χ1) is 11.9. The van der Waals surface area contributed by atoms with Gasteiger partial charge in [0.2, 0.25) is 0 Å². The molecular weight excluding hydrogens is 331 g/mol. The predicted molar refractivity (Wildman–Crippen MR) is 97.3 cm³/mol. The number of nitrogens with zero attached hydrogens (tertiary/aromatic N) is 2. The first kappa shape index (κ1) is 19.9. The zero-order chi connectivity index (χ0) is 19.0. The fourth-order valence-corrected chi connectivity index (χ4v) is 4.35. The molecule has 136 valence electrons. The summed E-state index contributed by atoms with van der Waals surface area (Å²) in [5.41, 5.74) is 0. The summed E-state index contributed by atoms with van der Waals surface area (Å²) in [5, 5.41) is 2.93. The summed E-state index contributed by atoms with van der Waals surface area (Å²) in [5.74, 6) is 0. The highest BCUT2D eigenvalue weighted by molar-refractivity contribution is 7.65. The average molecular weight is 361 g/mol. The second kappa shape index (κ2) is 10.6. The monoisotopic (exact) mass is 361 g/mol. The molecule has 0 aliphatic carbocycles. The van der Waals surface area contributed by atoms with Crippen LogP contribution in [0.15, 0.2) is 4.99 Å². The van der Waals surface area contributed by atoms with E-state index in [1.54, 1.807) is 0 Å². The molecule has 1 aliphatic rings. The van der Waals surface area contributed by atoms with Crippen molar-refractivity contribution in [1.82, 2.24) is 9.99 Å². The fraction of sp³-hybridized carbons (Fsp3) is 0.867. The van der Waals surface area contributed by atoms with Crippen molar-refractivity contribution in [1.29, 1.82) is 0 Å². The molecule has 0 saturated carbocycles. The number of aliphatic imine (C=N–C) groups is 1. The summed E-state index contributed by atoms with van der Waals surface area (Å²) in [6, 6.07) is -0.839. The van der Waals surface area contributed by atoms with Gasteiger partial charge < -0.3 is 14.6 Å². The lowest BCUT2D eigenvalue weighted by atomic mass is 9.93. The van der Waals surface area contributed by atoms with Crippen LogP contribution in [0.2, 0.25) is 0 Å². The highest BCUT2D eigenvalue weighted by Gasteiger charge is 2.42. The molecule has 1 aliphatic heterocycles. The lowest BCUT2D eigenvalue weighted by Gasteiger charge is -2.35. The van der Waals surface area contributed by atoms with Crippen LogP contribution in [0.1, 0.15) is 29.0 Å².